The summed E-state index contributed by atoms with van der Waals surface area (Å²) in [5, 5.41) is 3.42. The standard InChI is InChI=1S/C23H31N3O2/c1-18(2)19-7-5-10-22(15-19)28-17-23(27)26(16-20-8-3-4-13-25-20)21-9-6-12-24-14-11-21/h3-5,7-8,10,13,15,18,21,24H,6,9,11-12,14,16-17H2,1-2H3. The van der Waals surface area contributed by atoms with Crippen LogP contribution in [0.2, 0.25) is 0 Å². The zero-order valence-corrected chi connectivity index (χ0v) is 16.9. The maximum Gasteiger partial charge on any atom is 0.261 e. The molecule has 1 aromatic carbocycles. The van der Waals surface area contributed by atoms with Crippen LogP contribution in [0.1, 0.15) is 50.3 Å². The number of ether oxygens (including phenoxy) is 1. The van der Waals surface area contributed by atoms with E-state index in [0.29, 0.717) is 12.5 Å². The minimum atomic E-state index is 0.0208. The van der Waals surface area contributed by atoms with Crippen LogP contribution in [0.5, 0.6) is 5.75 Å². The van der Waals surface area contributed by atoms with Crippen LogP contribution in [-0.2, 0) is 11.3 Å². The molecule has 5 heteroatoms. The number of pyridine rings is 1. The van der Waals surface area contributed by atoms with Crippen molar-refractivity contribution in [1.82, 2.24) is 15.2 Å². The Balaban J connectivity index is 1.69. The van der Waals surface area contributed by atoms with Crippen LogP contribution in [0.15, 0.2) is 48.7 Å². The monoisotopic (exact) mass is 381 g/mol. The van der Waals surface area contributed by atoms with E-state index in [2.05, 4.69) is 30.2 Å². The Bertz CT molecular complexity index is 741. The van der Waals surface area contributed by atoms with Gasteiger partial charge in [0.25, 0.3) is 5.91 Å². The first kappa shape index (κ1) is 20.3. The Kier molecular flexibility index (Phi) is 7.43. The molecule has 28 heavy (non-hydrogen) atoms. The predicted octanol–water partition coefficient (Wildman–Crippen LogP) is 3.75. The lowest BCUT2D eigenvalue weighted by Crippen LogP contribution is -2.43. The summed E-state index contributed by atoms with van der Waals surface area (Å²) in [7, 11) is 0. The number of benzene rings is 1. The largest absolute Gasteiger partial charge is 0.484 e. The highest BCUT2D eigenvalue weighted by atomic mass is 16.5. The first-order valence-electron chi connectivity index (χ1n) is 10.3. The molecule has 3 rings (SSSR count). The highest BCUT2D eigenvalue weighted by Crippen LogP contribution is 2.21. The van der Waals surface area contributed by atoms with Crippen molar-refractivity contribution in [2.75, 3.05) is 19.7 Å². The van der Waals surface area contributed by atoms with Crippen LogP contribution in [0.3, 0.4) is 0 Å². The number of nitrogens with one attached hydrogen (secondary N) is 1. The average molecular weight is 382 g/mol. The Labute approximate surface area is 168 Å². The summed E-state index contributed by atoms with van der Waals surface area (Å²) in [5.74, 6) is 1.20. The third kappa shape index (κ3) is 5.80. The zero-order chi connectivity index (χ0) is 19.8. The highest BCUT2D eigenvalue weighted by molar-refractivity contribution is 5.78. The minimum absolute atomic E-state index is 0.0208. The molecule has 0 aliphatic carbocycles. The van der Waals surface area contributed by atoms with Crippen LogP contribution in [0, 0.1) is 0 Å². The molecular weight excluding hydrogens is 350 g/mol. The molecule has 5 nitrogen and oxygen atoms in total. The summed E-state index contributed by atoms with van der Waals surface area (Å²) in [6.45, 7) is 6.84. The quantitative estimate of drug-likeness (QED) is 0.794. The summed E-state index contributed by atoms with van der Waals surface area (Å²) >= 11 is 0. The molecule has 0 radical (unpaired) electrons. The van der Waals surface area contributed by atoms with Gasteiger partial charge in [-0.15, -0.1) is 0 Å². The number of amides is 1. The highest BCUT2D eigenvalue weighted by Gasteiger charge is 2.25. The summed E-state index contributed by atoms with van der Waals surface area (Å²) in [4.78, 5) is 19.5. The molecule has 1 unspecified atom stereocenters. The molecule has 2 heterocycles. The maximum absolute atomic E-state index is 13.1. The molecule has 150 valence electrons. The van der Waals surface area contributed by atoms with E-state index in [-0.39, 0.29) is 18.6 Å². The number of rotatable bonds is 7. The van der Waals surface area contributed by atoms with Gasteiger partial charge in [-0.1, -0.05) is 32.0 Å². The Morgan fingerprint density at radius 2 is 2.11 bits per heavy atom. The summed E-state index contributed by atoms with van der Waals surface area (Å²) < 4.78 is 5.87. The molecule has 1 atom stereocenters. The Hall–Kier alpha value is -2.40. The summed E-state index contributed by atoms with van der Waals surface area (Å²) in [6, 6.07) is 14.1. The van der Waals surface area contributed by atoms with E-state index < -0.39 is 0 Å². The molecule has 1 fully saturated rings. The zero-order valence-electron chi connectivity index (χ0n) is 16.9. The molecule has 1 aromatic heterocycles. The van der Waals surface area contributed by atoms with Gasteiger partial charge in [-0.2, -0.15) is 0 Å². The molecule has 0 saturated carbocycles. The van der Waals surface area contributed by atoms with Crippen LogP contribution in [0.25, 0.3) is 0 Å². The van der Waals surface area contributed by atoms with Gasteiger partial charge >= 0.3 is 0 Å². The minimum Gasteiger partial charge on any atom is -0.484 e. The lowest BCUT2D eigenvalue weighted by Gasteiger charge is -2.31. The molecular formula is C23H31N3O2. The van der Waals surface area contributed by atoms with E-state index in [4.69, 9.17) is 4.74 Å². The normalized spacial score (nSPS) is 17.2. The lowest BCUT2D eigenvalue weighted by molar-refractivity contribution is -0.136. The average Bonchev–Trinajstić information content (AvgIpc) is 3.00. The van der Waals surface area contributed by atoms with Crippen LogP contribution in [-0.4, -0.2) is 41.5 Å². The van der Waals surface area contributed by atoms with Crippen molar-refractivity contribution in [2.45, 2.75) is 51.6 Å². The van der Waals surface area contributed by atoms with Gasteiger partial charge in [-0.3, -0.25) is 9.78 Å². The van der Waals surface area contributed by atoms with Crippen molar-refractivity contribution >= 4 is 5.91 Å². The lowest BCUT2D eigenvalue weighted by atomic mass is 10.0. The second kappa shape index (κ2) is 10.2. The van der Waals surface area contributed by atoms with Gasteiger partial charge in [0.05, 0.1) is 12.2 Å². The number of carbonyl (C=O) groups is 1. The van der Waals surface area contributed by atoms with Crippen LogP contribution >= 0.6 is 0 Å². The molecule has 1 saturated heterocycles. The number of aromatic nitrogens is 1. The van der Waals surface area contributed by atoms with Crippen molar-refractivity contribution in [2.24, 2.45) is 0 Å². The topological polar surface area (TPSA) is 54.5 Å². The molecule has 1 N–H and O–H groups in total. The third-order valence-corrected chi connectivity index (χ3v) is 5.25. The molecule has 0 bridgehead atoms. The van der Waals surface area contributed by atoms with Gasteiger partial charge in [0.2, 0.25) is 0 Å². The SMILES string of the molecule is CC(C)c1cccc(OCC(=O)N(Cc2ccccn2)C2CCCNCC2)c1. The fraction of sp³-hybridized carbons (Fsp3) is 0.478. The summed E-state index contributed by atoms with van der Waals surface area (Å²) in [6.07, 6.45) is 4.82. The van der Waals surface area contributed by atoms with E-state index in [1.165, 1.54) is 5.56 Å². The fourth-order valence-corrected chi connectivity index (χ4v) is 3.59. The van der Waals surface area contributed by atoms with E-state index in [1.54, 1.807) is 6.20 Å². The number of hydrogen-bond donors (Lipinski definition) is 1. The van der Waals surface area contributed by atoms with Gasteiger partial charge < -0.3 is 15.0 Å². The Morgan fingerprint density at radius 3 is 2.89 bits per heavy atom. The second-order valence-corrected chi connectivity index (χ2v) is 7.69. The number of carbonyl (C=O) groups excluding carboxylic acids is 1. The van der Waals surface area contributed by atoms with Crippen LogP contribution < -0.4 is 10.1 Å². The van der Waals surface area contributed by atoms with E-state index in [1.807, 2.05) is 41.3 Å². The first-order chi connectivity index (χ1) is 13.6. The second-order valence-electron chi connectivity index (χ2n) is 7.69. The van der Waals surface area contributed by atoms with Gasteiger partial charge in [-0.05, 0) is 68.1 Å². The van der Waals surface area contributed by atoms with Crippen molar-refractivity contribution < 1.29 is 9.53 Å². The number of hydrogen-bond acceptors (Lipinski definition) is 4. The van der Waals surface area contributed by atoms with Gasteiger partial charge in [0.15, 0.2) is 6.61 Å². The van der Waals surface area contributed by atoms with Crippen molar-refractivity contribution in [1.29, 1.82) is 0 Å². The van der Waals surface area contributed by atoms with E-state index in [9.17, 15) is 4.79 Å². The van der Waals surface area contributed by atoms with Gasteiger partial charge in [0, 0.05) is 12.2 Å². The smallest absolute Gasteiger partial charge is 0.261 e. The summed E-state index contributed by atoms with van der Waals surface area (Å²) in [5.41, 5.74) is 2.12. The maximum atomic E-state index is 13.1. The van der Waals surface area contributed by atoms with Crippen molar-refractivity contribution in [3.05, 3.63) is 59.9 Å². The first-order valence-corrected chi connectivity index (χ1v) is 10.3. The van der Waals surface area contributed by atoms with Crippen molar-refractivity contribution in [3.8, 4) is 5.75 Å². The van der Waals surface area contributed by atoms with E-state index in [0.717, 1.165) is 43.8 Å². The van der Waals surface area contributed by atoms with Crippen molar-refractivity contribution in [3.63, 3.8) is 0 Å². The third-order valence-electron chi connectivity index (χ3n) is 5.25. The van der Waals surface area contributed by atoms with Gasteiger partial charge in [-0.25, -0.2) is 0 Å². The number of nitrogens with zero attached hydrogens (tertiary/aromatic N) is 2. The van der Waals surface area contributed by atoms with Gasteiger partial charge in [0.1, 0.15) is 5.75 Å². The molecule has 1 aliphatic heterocycles. The predicted molar refractivity (Wildman–Crippen MR) is 111 cm³/mol. The van der Waals surface area contributed by atoms with Crippen LogP contribution in [0.4, 0.5) is 0 Å². The molecule has 2 aromatic rings. The molecule has 0 spiro atoms. The Morgan fingerprint density at radius 1 is 1.21 bits per heavy atom. The molecule has 1 aliphatic rings. The van der Waals surface area contributed by atoms with E-state index >= 15 is 0 Å². The fourth-order valence-electron chi connectivity index (χ4n) is 3.59. The molecule has 1 amide bonds.